The van der Waals surface area contributed by atoms with Crippen LogP contribution in [-0.4, -0.2) is 37.0 Å². The molecule has 1 aliphatic heterocycles. The zero-order valence-corrected chi connectivity index (χ0v) is 7.97. The number of likely N-dealkylation sites (tertiary alicyclic amines) is 1. The van der Waals surface area contributed by atoms with Gasteiger partial charge in [0.1, 0.15) is 0 Å². The van der Waals surface area contributed by atoms with Crippen LogP contribution in [0.3, 0.4) is 0 Å². The summed E-state index contributed by atoms with van der Waals surface area (Å²) >= 11 is 0. The summed E-state index contributed by atoms with van der Waals surface area (Å²) in [7, 11) is 1.93. The lowest BCUT2D eigenvalue weighted by Crippen LogP contribution is -2.43. The lowest BCUT2D eigenvalue weighted by molar-refractivity contribution is -0.133. The number of nitrogens with zero attached hydrogens (tertiary/aromatic N) is 1. The Morgan fingerprint density at radius 1 is 1.58 bits per heavy atom. The molecule has 1 amide bonds. The Morgan fingerprint density at radius 3 is 2.92 bits per heavy atom. The number of rotatable bonds is 3. The van der Waals surface area contributed by atoms with Gasteiger partial charge >= 0.3 is 0 Å². The van der Waals surface area contributed by atoms with E-state index < -0.39 is 0 Å². The third kappa shape index (κ3) is 2.48. The van der Waals surface area contributed by atoms with E-state index in [1.54, 1.807) is 0 Å². The molecule has 0 saturated carbocycles. The van der Waals surface area contributed by atoms with Gasteiger partial charge in [0.15, 0.2) is 0 Å². The molecule has 0 aromatic carbocycles. The molecule has 1 atom stereocenters. The first-order valence-corrected chi connectivity index (χ1v) is 4.69. The molecule has 0 bridgehead atoms. The minimum atomic E-state index is 0.323. The van der Waals surface area contributed by atoms with Crippen LogP contribution < -0.4 is 5.32 Å². The molecule has 3 heteroatoms. The van der Waals surface area contributed by atoms with Crippen molar-refractivity contribution in [3.63, 3.8) is 0 Å². The second-order valence-electron chi connectivity index (χ2n) is 3.49. The molecule has 12 heavy (non-hydrogen) atoms. The van der Waals surface area contributed by atoms with Crippen LogP contribution in [0.5, 0.6) is 0 Å². The van der Waals surface area contributed by atoms with Gasteiger partial charge in [-0.1, -0.05) is 0 Å². The van der Waals surface area contributed by atoms with Gasteiger partial charge in [0.2, 0.25) is 5.91 Å². The summed E-state index contributed by atoms with van der Waals surface area (Å²) in [5, 5.41) is 3.14. The topological polar surface area (TPSA) is 32.3 Å². The Labute approximate surface area is 74.1 Å². The third-order valence-corrected chi connectivity index (χ3v) is 2.41. The van der Waals surface area contributed by atoms with Crippen LogP contribution in [0.4, 0.5) is 0 Å². The summed E-state index contributed by atoms with van der Waals surface area (Å²) in [5.41, 5.74) is 0. The fraction of sp³-hybridized carbons (Fsp3) is 0.889. The highest BCUT2D eigenvalue weighted by Crippen LogP contribution is 2.10. The second-order valence-corrected chi connectivity index (χ2v) is 3.49. The van der Waals surface area contributed by atoms with Crippen molar-refractivity contribution in [2.75, 3.05) is 20.1 Å². The van der Waals surface area contributed by atoms with Crippen LogP contribution in [0, 0.1) is 0 Å². The molecular formula is C9H18N2O. The molecule has 1 saturated heterocycles. The van der Waals surface area contributed by atoms with Crippen LogP contribution in [0.25, 0.3) is 0 Å². The van der Waals surface area contributed by atoms with Crippen LogP contribution in [0.1, 0.15) is 26.2 Å². The zero-order chi connectivity index (χ0) is 8.97. The fourth-order valence-electron chi connectivity index (χ4n) is 1.48. The molecule has 3 nitrogen and oxygen atoms in total. The van der Waals surface area contributed by atoms with Gasteiger partial charge in [-0.15, -0.1) is 0 Å². The molecule has 1 aliphatic rings. The van der Waals surface area contributed by atoms with Crippen LogP contribution in [-0.2, 0) is 4.79 Å². The first kappa shape index (κ1) is 9.52. The highest BCUT2D eigenvalue weighted by atomic mass is 16.2. The quantitative estimate of drug-likeness (QED) is 0.673. The van der Waals surface area contributed by atoms with Gasteiger partial charge in [-0.05, 0) is 26.8 Å². The normalized spacial score (nSPS) is 21.2. The molecule has 0 spiro atoms. The van der Waals surface area contributed by atoms with Crippen molar-refractivity contribution in [1.29, 1.82) is 0 Å². The number of nitrogens with one attached hydrogen (secondary N) is 1. The van der Waals surface area contributed by atoms with Gasteiger partial charge in [0.25, 0.3) is 0 Å². The summed E-state index contributed by atoms with van der Waals surface area (Å²) in [5.74, 6) is 0.323. The molecule has 1 N–H and O–H groups in total. The highest BCUT2D eigenvalue weighted by molar-refractivity contribution is 5.76. The van der Waals surface area contributed by atoms with E-state index in [0.717, 1.165) is 25.9 Å². The van der Waals surface area contributed by atoms with Crippen molar-refractivity contribution in [1.82, 2.24) is 10.2 Å². The third-order valence-electron chi connectivity index (χ3n) is 2.41. The monoisotopic (exact) mass is 170 g/mol. The van der Waals surface area contributed by atoms with E-state index in [-0.39, 0.29) is 0 Å². The van der Waals surface area contributed by atoms with Gasteiger partial charge in [0.05, 0.1) is 0 Å². The first-order valence-electron chi connectivity index (χ1n) is 4.69. The van der Waals surface area contributed by atoms with Crippen LogP contribution in [0.2, 0.25) is 0 Å². The van der Waals surface area contributed by atoms with E-state index in [0.29, 0.717) is 11.9 Å². The summed E-state index contributed by atoms with van der Waals surface area (Å²) in [6.45, 7) is 3.90. The Kier molecular flexibility index (Phi) is 3.53. The van der Waals surface area contributed by atoms with E-state index >= 15 is 0 Å². The molecule has 0 aromatic heterocycles. The van der Waals surface area contributed by atoms with E-state index in [9.17, 15) is 4.79 Å². The summed E-state index contributed by atoms with van der Waals surface area (Å²) in [6.07, 6.45) is 2.99. The number of amides is 1. The second kappa shape index (κ2) is 4.45. The van der Waals surface area contributed by atoms with Crippen molar-refractivity contribution in [2.45, 2.75) is 32.2 Å². The van der Waals surface area contributed by atoms with Crippen molar-refractivity contribution in [3.05, 3.63) is 0 Å². The Bertz CT molecular complexity index is 159. The lowest BCUT2D eigenvalue weighted by Gasteiger charge is -2.29. The lowest BCUT2D eigenvalue weighted by atomic mass is 10.1. The summed E-state index contributed by atoms with van der Waals surface area (Å²) in [4.78, 5) is 13.3. The van der Waals surface area contributed by atoms with Crippen molar-refractivity contribution in [2.24, 2.45) is 0 Å². The molecular weight excluding hydrogens is 152 g/mol. The highest BCUT2D eigenvalue weighted by Gasteiger charge is 2.18. The minimum Gasteiger partial charge on any atom is -0.341 e. The van der Waals surface area contributed by atoms with Crippen LogP contribution in [0.15, 0.2) is 0 Å². The molecule has 70 valence electrons. The van der Waals surface area contributed by atoms with Crippen molar-refractivity contribution >= 4 is 5.91 Å². The van der Waals surface area contributed by atoms with Gasteiger partial charge in [-0.25, -0.2) is 0 Å². The minimum absolute atomic E-state index is 0.323. The molecule has 0 radical (unpaired) electrons. The maximum atomic E-state index is 11.3. The zero-order valence-electron chi connectivity index (χ0n) is 7.97. The van der Waals surface area contributed by atoms with E-state index in [1.165, 1.54) is 6.42 Å². The van der Waals surface area contributed by atoms with E-state index in [2.05, 4.69) is 12.2 Å². The largest absolute Gasteiger partial charge is 0.341 e. The molecule has 1 rings (SSSR count). The Balaban J connectivity index is 2.34. The SMILES string of the molecule is CNC(C)CN1CCCCC1=O. The van der Waals surface area contributed by atoms with Crippen molar-refractivity contribution < 1.29 is 4.79 Å². The van der Waals surface area contributed by atoms with E-state index in [4.69, 9.17) is 0 Å². The molecule has 1 heterocycles. The number of hydrogen-bond donors (Lipinski definition) is 1. The molecule has 0 aromatic rings. The van der Waals surface area contributed by atoms with Gasteiger partial charge in [0, 0.05) is 25.6 Å². The average Bonchev–Trinajstić information content (AvgIpc) is 2.09. The van der Waals surface area contributed by atoms with Gasteiger partial charge in [-0.3, -0.25) is 4.79 Å². The maximum Gasteiger partial charge on any atom is 0.222 e. The fourth-order valence-corrected chi connectivity index (χ4v) is 1.48. The predicted octanol–water partition coefficient (Wildman–Crippen LogP) is 0.607. The number of hydrogen-bond acceptors (Lipinski definition) is 2. The summed E-state index contributed by atoms with van der Waals surface area (Å²) in [6, 6.07) is 0.409. The number of likely N-dealkylation sites (N-methyl/N-ethyl adjacent to an activating group) is 1. The number of carbonyl (C=O) groups is 1. The molecule has 1 unspecified atom stereocenters. The maximum absolute atomic E-state index is 11.3. The smallest absolute Gasteiger partial charge is 0.222 e. The van der Waals surface area contributed by atoms with E-state index in [1.807, 2.05) is 11.9 Å². The van der Waals surface area contributed by atoms with Gasteiger partial charge < -0.3 is 10.2 Å². The average molecular weight is 170 g/mol. The first-order chi connectivity index (χ1) is 5.74. The summed E-state index contributed by atoms with van der Waals surface area (Å²) < 4.78 is 0. The molecule has 1 fully saturated rings. The Hall–Kier alpha value is -0.570. The predicted molar refractivity (Wildman–Crippen MR) is 49.0 cm³/mol. The Morgan fingerprint density at radius 2 is 2.33 bits per heavy atom. The van der Waals surface area contributed by atoms with Crippen LogP contribution >= 0.6 is 0 Å². The number of carbonyl (C=O) groups excluding carboxylic acids is 1. The van der Waals surface area contributed by atoms with Crippen molar-refractivity contribution in [3.8, 4) is 0 Å². The molecule has 0 aliphatic carbocycles. The van der Waals surface area contributed by atoms with Gasteiger partial charge in [-0.2, -0.15) is 0 Å². The standard InChI is InChI=1S/C9H18N2O/c1-8(10-2)7-11-6-4-3-5-9(11)12/h8,10H,3-7H2,1-2H3. The number of piperidine rings is 1.